The van der Waals surface area contributed by atoms with E-state index in [1.165, 1.54) is 30.7 Å². The van der Waals surface area contributed by atoms with E-state index in [9.17, 15) is 14.4 Å². The minimum absolute atomic E-state index is 0.0891. The number of nitrogens with zero attached hydrogens (tertiary/aromatic N) is 2. The SMILES string of the molecule is CCc1cc(C(=O)OC)c(NC(=O)Cn2nccc2C(=O)O)s1. The molecule has 23 heavy (non-hydrogen) atoms. The number of carbonyl (C=O) groups is 3. The standard InChI is InChI=1S/C14H15N3O5S/c1-3-8-6-9(14(21)22-2)12(23-8)16-11(18)7-17-10(13(19)20)4-5-15-17/h4-6H,3,7H2,1-2H3,(H,16,18)(H,19,20). The summed E-state index contributed by atoms with van der Waals surface area (Å²) in [7, 11) is 1.26. The lowest BCUT2D eigenvalue weighted by molar-refractivity contribution is -0.116. The van der Waals surface area contributed by atoms with Crippen LogP contribution in [0.5, 0.6) is 0 Å². The first-order valence-electron chi connectivity index (χ1n) is 6.72. The van der Waals surface area contributed by atoms with Gasteiger partial charge in [0.05, 0.1) is 12.7 Å². The summed E-state index contributed by atoms with van der Waals surface area (Å²) in [5.41, 5.74) is 0.190. The Morgan fingerprint density at radius 3 is 2.78 bits per heavy atom. The van der Waals surface area contributed by atoms with E-state index in [1.807, 2.05) is 6.92 Å². The van der Waals surface area contributed by atoms with E-state index in [0.717, 1.165) is 9.56 Å². The van der Waals surface area contributed by atoms with Gasteiger partial charge in [0.15, 0.2) is 0 Å². The first kappa shape index (κ1) is 16.7. The molecule has 0 aliphatic rings. The second kappa shape index (κ2) is 7.05. The van der Waals surface area contributed by atoms with Crippen LogP contribution in [-0.2, 0) is 22.5 Å². The summed E-state index contributed by atoms with van der Waals surface area (Å²) in [4.78, 5) is 35.8. The number of aromatic nitrogens is 2. The minimum Gasteiger partial charge on any atom is -0.477 e. The van der Waals surface area contributed by atoms with Gasteiger partial charge in [0.25, 0.3) is 0 Å². The average Bonchev–Trinajstić information content (AvgIpc) is 3.13. The van der Waals surface area contributed by atoms with Gasteiger partial charge in [-0.1, -0.05) is 6.92 Å². The third-order valence-electron chi connectivity index (χ3n) is 3.02. The molecule has 9 heteroatoms. The molecular formula is C14H15N3O5S. The van der Waals surface area contributed by atoms with Gasteiger partial charge in [0, 0.05) is 11.1 Å². The van der Waals surface area contributed by atoms with Crippen molar-refractivity contribution in [2.24, 2.45) is 0 Å². The molecule has 0 spiro atoms. The number of nitrogens with one attached hydrogen (secondary N) is 1. The van der Waals surface area contributed by atoms with Crippen molar-refractivity contribution in [1.29, 1.82) is 0 Å². The van der Waals surface area contributed by atoms with Crippen molar-refractivity contribution >= 4 is 34.2 Å². The normalized spacial score (nSPS) is 10.3. The quantitative estimate of drug-likeness (QED) is 0.775. The molecule has 0 bridgehead atoms. The van der Waals surface area contributed by atoms with Gasteiger partial charge in [-0.15, -0.1) is 11.3 Å². The molecule has 8 nitrogen and oxygen atoms in total. The minimum atomic E-state index is -1.17. The van der Waals surface area contributed by atoms with Crippen LogP contribution in [0.25, 0.3) is 0 Å². The molecule has 0 saturated carbocycles. The number of aryl methyl sites for hydroxylation is 1. The van der Waals surface area contributed by atoms with Crippen LogP contribution in [0.2, 0.25) is 0 Å². The topological polar surface area (TPSA) is 111 Å². The molecule has 2 aromatic rings. The number of rotatable bonds is 6. The number of anilines is 1. The first-order chi connectivity index (χ1) is 11.0. The van der Waals surface area contributed by atoms with E-state index in [2.05, 4.69) is 10.4 Å². The van der Waals surface area contributed by atoms with Crippen LogP contribution in [0.4, 0.5) is 5.00 Å². The number of carboxylic acids is 1. The average molecular weight is 337 g/mol. The molecule has 2 heterocycles. The van der Waals surface area contributed by atoms with E-state index in [0.29, 0.717) is 11.4 Å². The first-order valence-corrected chi connectivity index (χ1v) is 7.53. The Kier molecular flexibility index (Phi) is 5.12. The summed E-state index contributed by atoms with van der Waals surface area (Å²) < 4.78 is 5.77. The zero-order valence-electron chi connectivity index (χ0n) is 12.5. The number of hydrogen-bond acceptors (Lipinski definition) is 6. The predicted octanol–water partition coefficient (Wildman–Crippen LogP) is 1.63. The van der Waals surface area contributed by atoms with E-state index in [-0.39, 0.29) is 17.8 Å². The van der Waals surface area contributed by atoms with Crippen LogP contribution in [0.3, 0.4) is 0 Å². The number of amides is 1. The maximum Gasteiger partial charge on any atom is 0.354 e. The van der Waals surface area contributed by atoms with E-state index < -0.39 is 17.8 Å². The highest BCUT2D eigenvalue weighted by Gasteiger charge is 2.19. The Morgan fingerprint density at radius 1 is 1.43 bits per heavy atom. The number of methoxy groups -OCH3 is 1. The Hall–Kier alpha value is -2.68. The van der Waals surface area contributed by atoms with Gasteiger partial charge in [-0.3, -0.25) is 4.79 Å². The van der Waals surface area contributed by atoms with E-state index >= 15 is 0 Å². The van der Waals surface area contributed by atoms with Crippen LogP contribution < -0.4 is 5.32 Å². The Bertz CT molecular complexity index is 749. The molecule has 2 rings (SSSR count). The number of thiophene rings is 1. The van der Waals surface area contributed by atoms with Crippen molar-refractivity contribution in [3.05, 3.63) is 34.5 Å². The van der Waals surface area contributed by atoms with Gasteiger partial charge in [0.1, 0.15) is 17.2 Å². The summed E-state index contributed by atoms with van der Waals surface area (Å²) >= 11 is 1.28. The zero-order valence-corrected chi connectivity index (χ0v) is 13.3. The van der Waals surface area contributed by atoms with Gasteiger partial charge in [-0.2, -0.15) is 5.10 Å². The fraction of sp³-hybridized carbons (Fsp3) is 0.286. The molecule has 2 aromatic heterocycles. The second-order valence-corrected chi connectivity index (χ2v) is 5.66. The van der Waals surface area contributed by atoms with Crippen molar-refractivity contribution in [2.75, 3.05) is 12.4 Å². The maximum absolute atomic E-state index is 12.1. The second-order valence-electron chi connectivity index (χ2n) is 4.53. The highest BCUT2D eigenvalue weighted by Crippen LogP contribution is 2.29. The van der Waals surface area contributed by atoms with Crippen LogP contribution in [0, 0.1) is 0 Å². The summed E-state index contributed by atoms with van der Waals surface area (Å²) in [6.07, 6.45) is 2.02. The molecule has 0 radical (unpaired) electrons. The fourth-order valence-corrected chi connectivity index (χ4v) is 2.91. The van der Waals surface area contributed by atoms with Gasteiger partial charge in [-0.25, -0.2) is 14.3 Å². The molecule has 2 N–H and O–H groups in total. The van der Waals surface area contributed by atoms with Gasteiger partial charge in [0.2, 0.25) is 5.91 Å². The number of esters is 1. The Labute approximate surface area is 135 Å². The summed E-state index contributed by atoms with van der Waals surface area (Å²) in [6, 6.07) is 2.97. The van der Waals surface area contributed by atoms with Gasteiger partial charge < -0.3 is 15.2 Å². The Balaban J connectivity index is 2.17. The third kappa shape index (κ3) is 3.75. The van der Waals surface area contributed by atoms with Crippen LogP contribution in [0.15, 0.2) is 18.3 Å². The van der Waals surface area contributed by atoms with Crippen molar-refractivity contribution in [3.8, 4) is 0 Å². The number of carbonyl (C=O) groups excluding carboxylic acids is 2. The third-order valence-corrected chi connectivity index (χ3v) is 4.21. The van der Waals surface area contributed by atoms with Crippen LogP contribution in [0.1, 0.15) is 32.6 Å². The Morgan fingerprint density at radius 2 is 2.17 bits per heavy atom. The highest BCUT2D eigenvalue weighted by atomic mass is 32.1. The summed E-state index contributed by atoms with van der Waals surface area (Å²) in [5, 5.41) is 15.8. The molecule has 0 aliphatic carbocycles. The molecule has 0 saturated heterocycles. The zero-order chi connectivity index (χ0) is 17.0. The summed E-state index contributed by atoms with van der Waals surface area (Å²) in [5.74, 6) is -2.19. The van der Waals surface area contributed by atoms with Gasteiger partial charge >= 0.3 is 11.9 Å². The van der Waals surface area contributed by atoms with Crippen LogP contribution in [-0.4, -0.2) is 39.8 Å². The molecule has 0 unspecified atom stereocenters. The number of aromatic carboxylic acids is 1. The van der Waals surface area contributed by atoms with Crippen molar-refractivity contribution in [3.63, 3.8) is 0 Å². The fourth-order valence-electron chi connectivity index (χ4n) is 1.91. The molecule has 122 valence electrons. The molecule has 0 aliphatic heterocycles. The number of ether oxygens (including phenoxy) is 1. The monoisotopic (exact) mass is 337 g/mol. The maximum atomic E-state index is 12.1. The highest BCUT2D eigenvalue weighted by molar-refractivity contribution is 7.16. The van der Waals surface area contributed by atoms with Gasteiger partial charge in [-0.05, 0) is 18.6 Å². The van der Waals surface area contributed by atoms with Crippen LogP contribution >= 0.6 is 11.3 Å². The molecule has 0 atom stereocenters. The lowest BCUT2D eigenvalue weighted by atomic mass is 10.2. The number of hydrogen-bond donors (Lipinski definition) is 2. The molecular weight excluding hydrogens is 322 g/mol. The van der Waals surface area contributed by atoms with E-state index in [4.69, 9.17) is 9.84 Å². The molecule has 0 aromatic carbocycles. The molecule has 0 fully saturated rings. The lowest BCUT2D eigenvalue weighted by Gasteiger charge is -2.06. The lowest BCUT2D eigenvalue weighted by Crippen LogP contribution is -2.22. The van der Waals surface area contributed by atoms with E-state index in [1.54, 1.807) is 6.07 Å². The van der Waals surface area contributed by atoms with Crippen molar-refractivity contribution in [1.82, 2.24) is 9.78 Å². The smallest absolute Gasteiger partial charge is 0.354 e. The largest absolute Gasteiger partial charge is 0.477 e. The van der Waals surface area contributed by atoms with Crippen molar-refractivity contribution in [2.45, 2.75) is 19.9 Å². The predicted molar refractivity (Wildman–Crippen MR) is 82.9 cm³/mol. The summed E-state index contributed by atoms with van der Waals surface area (Å²) in [6.45, 7) is 1.66. The number of carboxylic acid groups (broad SMARTS) is 1. The molecule has 1 amide bonds. The van der Waals surface area contributed by atoms with Crippen molar-refractivity contribution < 1.29 is 24.2 Å².